The molecule has 2 amide bonds. The van der Waals surface area contributed by atoms with Crippen molar-refractivity contribution in [3.63, 3.8) is 0 Å². The van der Waals surface area contributed by atoms with Crippen molar-refractivity contribution >= 4 is 30.4 Å². The van der Waals surface area contributed by atoms with Gasteiger partial charge in [0.1, 0.15) is 0 Å². The number of carbonyl (C=O) groups is 3. The van der Waals surface area contributed by atoms with E-state index in [9.17, 15) is 23.8 Å². The molecule has 1 saturated heterocycles. The van der Waals surface area contributed by atoms with Crippen molar-refractivity contribution in [3.05, 3.63) is 29.3 Å². The lowest BCUT2D eigenvalue weighted by molar-refractivity contribution is -0.130. The zero-order valence-corrected chi connectivity index (χ0v) is 16.5. The Bertz CT molecular complexity index is 811. The molecule has 3 rings (SSSR count). The van der Waals surface area contributed by atoms with E-state index < -0.39 is 25.2 Å². The number of fused-ring (bicyclic) bond motifs is 1. The van der Waals surface area contributed by atoms with Crippen LogP contribution in [0.15, 0.2) is 18.2 Å². The van der Waals surface area contributed by atoms with Crippen molar-refractivity contribution in [1.29, 1.82) is 0 Å². The Balaban J connectivity index is 1.39. The molecule has 2 heterocycles. The van der Waals surface area contributed by atoms with Gasteiger partial charge in [-0.15, -0.1) is 0 Å². The molecular weight excluding hydrogens is 394 g/mol. The van der Waals surface area contributed by atoms with Crippen LogP contribution >= 0.6 is 0 Å². The first-order valence-electron chi connectivity index (χ1n) is 10.0. The fourth-order valence-electron chi connectivity index (χ4n) is 3.61. The Labute approximate surface area is 174 Å². The molecule has 2 unspecified atom stereocenters. The smallest absolute Gasteiger partial charge is 0.423 e. The van der Waals surface area contributed by atoms with E-state index in [4.69, 9.17) is 10.4 Å². The third-order valence-electron chi connectivity index (χ3n) is 5.39. The Morgan fingerprint density at radius 1 is 1.37 bits per heavy atom. The Morgan fingerprint density at radius 3 is 2.93 bits per heavy atom. The number of unbranched alkanes of at least 4 members (excludes halogenated alkanes) is 1. The first kappa shape index (κ1) is 22.4. The van der Waals surface area contributed by atoms with Crippen LogP contribution in [0.4, 0.5) is 4.39 Å². The zero-order chi connectivity index (χ0) is 21.7. The van der Waals surface area contributed by atoms with Gasteiger partial charge in [0.25, 0.3) is 5.91 Å². The van der Waals surface area contributed by atoms with E-state index in [1.807, 2.05) is 0 Å². The molecule has 6 N–H and O–H groups in total. The molecular formula is C19H26BFN4O5. The molecule has 3 atom stereocenters. The Morgan fingerprint density at radius 2 is 2.17 bits per heavy atom. The Hall–Kier alpha value is -2.34. The van der Waals surface area contributed by atoms with Crippen LogP contribution < -0.4 is 27.1 Å². The van der Waals surface area contributed by atoms with Crippen molar-refractivity contribution < 1.29 is 28.5 Å². The molecule has 0 aliphatic carbocycles. The first-order chi connectivity index (χ1) is 14.3. The lowest BCUT2D eigenvalue weighted by atomic mass is 9.79. The second-order valence-corrected chi connectivity index (χ2v) is 7.64. The molecule has 1 fully saturated rings. The van der Waals surface area contributed by atoms with Crippen LogP contribution in [0.25, 0.3) is 0 Å². The molecule has 0 saturated carbocycles. The van der Waals surface area contributed by atoms with Gasteiger partial charge in [0.15, 0.2) is 0 Å². The van der Waals surface area contributed by atoms with Crippen LogP contribution in [0, 0.1) is 0 Å². The highest BCUT2D eigenvalue weighted by Crippen LogP contribution is 2.13. The summed E-state index contributed by atoms with van der Waals surface area (Å²) in [5.74, 6) is -0.445. The topological polar surface area (TPSA) is 143 Å². The van der Waals surface area contributed by atoms with Gasteiger partial charge in [0.05, 0.1) is 18.7 Å². The monoisotopic (exact) mass is 420 g/mol. The van der Waals surface area contributed by atoms with Gasteiger partial charge in [-0.1, -0.05) is 6.07 Å². The average molecular weight is 420 g/mol. The summed E-state index contributed by atoms with van der Waals surface area (Å²) in [6.45, 7) is 1.19. The molecule has 0 radical (unpaired) electrons. The van der Waals surface area contributed by atoms with E-state index in [0.29, 0.717) is 50.0 Å². The summed E-state index contributed by atoms with van der Waals surface area (Å²) in [6.07, 6.45) is 1.82. The van der Waals surface area contributed by atoms with Gasteiger partial charge in [-0.05, 0) is 48.8 Å². The second-order valence-electron chi connectivity index (χ2n) is 7.64. The van der Waals surface area contributed by atoms with Crippen molar-refractivity contribution in [1.82, 2.24) is 16.0 Å². The number of hydrogen-bond acceptors (Lipinski definition) is 7. The van der Waals surface area contributed by atoms with Crippen LogP contribution in [-0.4, -0.2) is 61.2 Å². The molecule has 2 aliphatic rings. The van der Waals surface area contributed by atoms with Gasteiger partial charge < -0.3 is 31.4 Å². The summed E-state index contributed by atoms with van der Waals surface area (Å²) < 4.78 is 17.5. The normalized spacial score (nSPS) is 21.2. The van der Waals surface area contributed by atoms with E-state index in [0.717, 1.165) is 5.56 Å². The third kappa shape index (κ3) is 5.63. The van der Waals surface area contributed by atoms with Gasteiger partial charge in [0, 0.05) is 24.7 Å². The number of halogens is 1. The minimum Gasteiger partial charge on any atom is -0.423 e. The fourth-order valence-corrected chi connectivity index (χ4v) is 3.61. The highest BCUT2D eigenvalue weighted by atomic mass is 19.1. The summed E-state index contributed by atoms with van der Waals surface area (Å²) in [5.41, 5.74) is 7.20. The molecule has 162 valence electrons. The molecule has 0 aromatic heterocycles. The minimum absolute atomic E-state index is 0.171. The van der Waals surface area contributed by atoms with Gasteiger partial charge in [0.2, 0.25) is 5.91 Å². The average Bonchev–Trinajstić information content (AvgIpc) is 3.34. The number of hydrogen-bond donors (Lipinski definition) is 5. The van der Waals surface area contributed by atoms with Crippen molar-refractivity contribution in [2.45, 2.75) is 50.4 Å². The van der Waals surface area contributed by atoms with Gasteiger partial charge >= 0.3 is 13.2 Å². The first-order valence-corrected chi connectivity index (χ1v) is 10.0. The maximum Gasteiger partial charge on any atom is 0.491 e. The number of nitrogens with one attached hydrogen (secondary N) is 3. The summed E-state index contributed by atoms with van der Waals surface area (Å²) >= 11 is 0. The lowest BCUT2D eigenvalue weighted by Crippen LogP contribution is -2.40. The molecule has 0 spiro atoms. The SMILES string of the molecule is N[C@@H](CCCCNC(=O)C1CC(NC(=O)c2ccc3c(c2)B(O)OC3)CN1)C(=O)F. The number of carbonyl (C=O) groups excluding carboxylic acids is 3. The van der Waals surface area contributed by atoms with Gasteiger partial charge in [-0.2, -0.15) is 4.39 Å². The number of benzene rings is 1. The fraction of sp³-hybridized carbons (Fsp3) is 0.526. The van der Waals surface area contributed by atoms with E-state index in [2.05, 4.69) is 16.0 Å². The molecule has 0 bridgehead atoms. The molecule has 30 heavy (non-hydrogen) atoms. The number of rotatable bonds is 9. The highest BCUT2D eigenvalue weighted by molar-refractivity contribution is 6.61. The lowest BCUT2D eigenvalue weighted by Gasteiger charge is -2.13. The van der Waals surface area contributed by atoms with E-state index >= 15 is 0 Å². The molecule has 1 aromatic carbocycles. The maximum absolute atomic E-state index is 12.5. The van der Waals surface area contributed by atoms with Crippen LogP contribution in [0.2, 0.25) is 0 Å². The van der Waals surface area contributed by atoms with Crippen molar-refractivity contribution in [2.24, 2.45) is 5.73 Å². The predicted molar refractivity (Wildman–Crippen MR) is 107 cm³/mol. The quantitative estimate of drug-likeness (QED) is 0.185. The largest absolute Gasteiger partial charge is 0.491 e. The third-order valence-corrected chi connectivity index (χ3v) is 5.39. The molecule has 9 nitrogen and oxygen atoms in total. The second kappa shape index (κ2) is 10.1. The molecule has 2 aliphatic heterocycles. The van der Waals surface area contributed by atoms with E-state index in [1.54, 1.807) is 18.2 Å². The van der Waals surface area contributed by atoms with Crippen LogP contribution in [-0.2, 0) is 20.9 Å². The highest BCUT2D eigenvalue weighted by Gasteiger charge is 2.31. The molecule has 11 heteroatoms. The zero-order valence-electron chi connectivity index (χ0n) is 16.5. The number of nitrogens with two attached hydrogens (primary N) is 1. The van der Waals surface area contributed by atoms with Gasteiger partial charge in [-0.3, -0.25) is 14.4 Å². The van der Waals surface area contributed by atoms with E-state index in [1.165, 1.54) is 0 Å². The summed E-state index contributed by atoms with van der Waals surface area (Å²) in [6, 6.07) is 1.84. The van der Waals surface area contributed by atoms with Gasteiger partial charge in [-0.25, -0.2) is 0 Å². The van der Waals surface area contributed by atoms with Crippen LogP contribution in [0.5, 0.6) is 0 Å². The predicted octanol–water partition coefficient (Wildman–Crippen LogP) is -1.53. The summed E-state index contributed by atoms with van der Waals surface area (Å²) in [7, 11) is -1.01. The van der Waals surface area contributed by atoms with Crippen molar-refractivity contribution in [2.75, 3.05) is 13.1 Å². The molecule has 1 aromatic rings. The standard InChI is InChI=1S/C19H26BFN4O5/c21-17(26)15(22)3-1-2-6-23-19(28)16-8-13(9-24-16)25-18(27)11-4-5-12-10-30-20(29)14(12)7-11/h4-5,7,13,15-16,24,29H,1-3,6,8-10,22H2,(H,23,28)(H,25,27)/t13?,15-,16?/m0/s1. The maximum atomic E-state index is 12.5. The van der Waals surface area contributed by atoms with Crippen molar-refractivity contribution in [3.8, 4) is 0 Å². The van der Waals surface area contributed by atoms with Crippen LogP contribution in [0.1, 0.15) is 41.6 Å². The summed E-state index contributed by atoms with van der Waals surface area (Å²) in [4.78, 5) is 35.2. The summed E-state index contributed by atoms with van der Waals surface area (Å²) in [5, 5.41) is 18.6. The van der Waals surface area contributed by atoms with E-state index in [-0.39, 0.29) is 24.3 Å². The minimum atomic E-state index is -1.52. The Kier molecular flexibility index (Phi) is 7.54. The number of amides is 2. The van der Waals surface area contributed by atoms with Crippen LogP contribution in [0.3, 0.4) is 0 Å².